The molecular formula is C32H29NO5S. The number of aliphatic imine (C=N–C) groups is 1. The number of fused-ring (bicyclic) bond motifs is 4. The normalized spacial score (nSPS) is 19.3. The van der Waals surface area contributed by atoms with Gasteiger partial charge in [-0.05, 0) is 65.7 Å². The van der Waals surface area contributed by atoms with E-state index < -0.39 is 0 Å². The van der Waals surface area contributed by atoms with Crippen LogP contribution in [-0.2, 0) is 0 Å². The summed E-state index contributed by atoms with van der Waals surface area (Å²) in [4.78, 5) is 6.36. The van der Waals surface area contributed by atoms with Crippen LogP contribution in [0.15, 0.2) is 94.8 Å². The maximum absolute atomic E-state index is 6.80. The van der Waals surface area contributed by atoms with E-state index in [0.717, 1.165) is 50.2 Å². The van der Waals surface area contributed by atoms with Gasteiger partial charge < -0.3 is 23.7 Å². The molecule has 3 unspecified atom stereocenters. The molecule has 0 fully saturated rings. The number of ether oxygens (including phenoxy) is 5. The highest BCUT2D eigenvalue weighted by atomic mass is 32.2. The quantitative estimate of drug-likeness (QED) is 0.254. The molecule has 0 N–H and O–H groups in total. The van der Waals surface area contributed by atoms with Crippen molar-refractivity contribution in [2.24, 2.45) is 10.9 Å². The van der Waals surface area contributed by atoms with Gasteiger partial charge in [-0.25, -0.2) is 0 Å². The summed E-state index contributed by atoms with van der Waals surface area (Å²) in [6, 6.07) is 28.4. The summed E-state index contributed by atoms with van der Waals surface area (Å²) in [5.74, 6) is 3.67. The lowest BCUT2D eigenvalue weighted by atomic mass is 9.80. The lowest BCUT2D eigenvalue weighted by Gasteiger charge is -2.38. The van der Waals surface area contributed by atoms with Crippen molar-refractivity contribution in [3.8, 4) is 28.7 Å². The van der Waals surface area contributed by atoms with Crippen molar-refractivity contribution >= 4 is 23.2 Å². The third kappa shape index (κ3) is 4.57. The van der Waals surface area contributed by atoms with Crippen LogP contribution in [0.2, 0.25) is 0 Å². The highest BCUT2D eigenvalue weighted by Crippen LogP contribution is 2.56. The van der Waals surface area contributed by atoms with Crippen LogP contribution in [0.1, 0.15) is 28.0 Å². The smallest absolute Gasteiger partial charge is 0.161 e. The molecule has 0 bridgehead atoms. The van der Waals surface area contributed by atoms with Gasteiger partial charge in [-0.2, -0.15) is 0 Å². The van der Waals surface area contributed by atoms with Crippen molar-refractivity contribution in [3.63, 3.8) is 0 Å². The van der Waals surface area contributed by atoms with Gasteiger partial charge >= 0.3 is 0 Å². The van der Waals surface area contributed by atoms with Crippen LogP contribution in [0.3, 0.4) is 0 Å². The van der Waals surface area contributed by atoms with Crippen LogP contribution >= 0.6 is 11.8 Å². The number of rotatable bonds is 6. The van der Waals surface area contributed by atoms with Gasteiger partial charge in [-0.15, -0.1) is 11.8 Å². The van der Waals surface area contributed by atoms with E-state index in [4.69, 9.17) is 28.7 Å². The van der Waals surface area contributed by atoms with Crippen molar-refractivity contribution in [1.82, 2.24) is 0 Å². The summed E-state index contributed by atoms with van der Waals surface area (Å²) in [7, 11) is 6.67. The summed E-state index contributed by atoms with van der Waals surface area (Å²) in [6.07, 6.45) is -0.286. The van der Waals surface area contributed by atoms with Gasteiger partial charge in [0.2, 0.25) is 0 Å². The van der Waals surface area contributed by atoms with E-state index in [9.17, 15) is 0 Å². The number of hydrogen-bond acceptors (Lipinski definition) is 7. The van der Waals surface area contributed by atoms with Crippen LogP contribution in [0.4, 0.5) is 5.69 Å². The standard InChI is InChI=1S/C32H29NO5S/c1-34-21-12-9-19(10-13-21)31-29-30(23-7-5-6-8-25(23)38-31)33-24-15-14-22(35-2)18-28(24)39-32(29)20-11-16-26(36-3)27(17-20)37-4/h5-18,29,31-32H,1-4H3. The lowest BCUT2D eigenvalue weighted by molar-refractivity contribution is 0.156. The Labute approximate surface area is 232 Å². The molecule has 6 nitrogen and oxygen atoms in total. The molecular weight excluding hydrogens is 510 g/mol. The number of hydrogen-bond donors (Lipinski definition) is 0. The Kier molecular flexibility index (Phi) is 6.83. The Morgan fingerprint density at radius 1 is 0.692 bits per heavy atom. The van der Waals surface area contributed by atoms with E-state index in [0.29, 0.717) is 11.5 Å². The first kappa shape index (κ1) is 25.2. The molecule has 7 heteroatoms. The molecule has 0 radical (unpaired) electrons. The van der Waals surface area contributed by atoms with Gasteiger partial charge in [-0.3, -0.25) is 4.99 Å². The zero-order chi connectivity index (χ0) is 26.9. The molecule has 2 aliphatic rings. The van der Waals surface area contributed by atoms with Crippen molar-refractivity contribution in [2.45, 2.75) is 16.2 Å². The van der Waals surface area contributed by atoms with Crippen molar-refractivity contribution < 1.29 is 23.7 Å². The minimum absolute atomic E-state index is 0.0580. The third-order valence-electron chi connectivity index (χ3n) is 7.23. The first-order valence-electron chi connectivity index (χ1n) is 12.7. The van der Waals surface area contributed by atoms with Gasteiger partial charge in [0, 0.05) is 15.7 Å². The fourth-order valence-electron chi connectivity index (χ4n) is 5.27. The van der Waals surface area contributed by atoms with E-state index in [1.54, 1.807) is 40.2 Å². The molecule has 2 aliphatic heterocycles. The van der Waals surface area contributed by atoms with Crippen LogP contribution < -0.4 is 23.7 Å². The Morgan fingerprint density at radius 3 is 2.15 bits per heavy atom. The van der Waals surface area contributed by atoms with Gasteiger partial charge in [0.05, 0.1) is 45.8 Å². The maximum Gasteiger partial charge on any atom is 0.161 e. The molecule has 0 saturated carbocycles. The van der Waals surface area contributed by atoms with Crippen LogP contribution in [-0.4, -0.2) is 34.2 Å². The molecule has 0 aromatic heterocycles. The SMILES string of the molecule is COc1ccc(C2Oc3ccccc3C3=Nc4ccc(OC)cc4SC(c4ccc(OC)c(OC)c4)C32)cc1. The molecule has 39 heavy (non-hydrogen) atoms. The van der Waals surface area contributed by atoms with Gasteiger partial charge in [0.1, 0.15) is 23.4 Å². The summed E-state index contributed by atoms with van der Waals surface area (Å²) >= 11 is 1.76. The number of para-hydroxylation sites is 1. The Hall–Kier alpha value is -4.10. The van der Waals surface area contributed by atoms with E-state index in [1.807, 2.05) is 48.5 Å². The summed E-state index contributed by atoms with van der Waals surface area (Å²) < 4.78 is 29.1. The highest BCUT2D eigenvalue weighted by Gasteiger charge is 2.44. The summed E-state index contributed by atoms with van der Waals surface area (Å²) in [5, 5.41) is -0.0580. The van der Waals surface area contributed by atoms with Crippen molar-refractivity contribution in [3.05, 3.63) is 102 Å². The predicted molar refractivity (Wildman–Crippen MR) is 154 cm³/mol. The molecule has 6 rings (SSSR count). The number of nitrogens with zero attached hydrogens (tertiary/aromatic N) is 1. The third-order valence-corrected chi connectivity index (χ3v) is 8.63. The molecule has 4 aromatic carbocycles. The summed E-state index contributed by atoms with van der Waals surface area (Å²) in [5.41, 5.74) is 5.05. The average Bonchev–Trinajstić information content (AvgIpc) is 3.17. The molecule has 0 spiro atoms. The number of thioether (sulfide) groups is 1. The van der Waals surface area contributed by atoms with E-state index in [2.05, 4.69) is 36.4 Å². The van der Waals surface area contributed by atoms with E-state index in [1.165, 1.54) is 0 Å². The molecule has 2 heterocycles. The maximum atomic E-state index is 6.80. The Bertz CT molecular complexity index is 1530. The zero-order valence-electron chi connectivity index (χ0n) is 22.2. The second-order valence-corrected chi connectivity index (χ2v) is 10.5. The molecule has 0 amide bonds. The van der Waals surface area contributed by atoms with Gasteiger partial charge in [-0.1, -0.05) is 30.3 Å². The Morgan fingerprint density at radius 2 is 1.41 bits per heavy atom. The van der Waals surface area contributed by atoms with Crippen LogP contribution in [0.5, 0.6) is 28.7 Å². The molecule has 0 saturated heterocycles. The average molecular weight is 540 g/mol. The van der Waals surface area contributed by atoms with Gasteiger partial charge in [0.25, 0.3) is 0 Å². The van der Waals surface area contributed by atoms with Crippen LogP contribution in [0, 0.1) is 5.92 Å². The topological polar surface area (TPSA) is 58.5 Å². The first-order chi connectivity index (χ1) is 19.1. The minimum atomic E-state index is -0.286. The fourth-order valence-corrected chi connectivity index (χ4v) is 6.67. The zero-order valence-corrected chi connectivity index (χ0v) is 23.0. The highest BCUT2D eigenvalue weighted by molar-refractivity contribution is 7.99. The Balaban J connectivity index is 1.59. The van der Waals surface area contributed by atoms with E-state index in [-0.39, 0.29) is 17.3 Å². The molecule has 3 atom stereocenters. The molecule has 198 valence electrons. The van der Waals surface area contributed by atoms with Crippen LogP contribution in [0.25, 0.3) is 0 Å². The second kappa shape index (κ2) is 10.6. The second-order valence-electron chi connectivity index (χ2n) is 9.32. The lowest BCUT2D eigenvalue weighted by Crippen LogP contribution is -2.35. The largest absolute Gasteiger partial charge is 0.497 e. The van der Waals surface area contributed by atoms with Crippen molar-refractivity contribution in [2.75, 3.05) is 28.4 Å². The molecule has 4 aromatic rings. The fraction of sp³-hybridized carbons (Fsp3) is 0.219. The van der Waals surface area contributed by atoms with Gasteiger partial charge in [0.15, 0.2) is 11.5 Å². The monoisotopic (exact) mass is 539 g/mol. The number of methoxy groups -OCH3 is 4. The first-order valence-corrected chi connectivity index (χ1v) is 13.6. The predicted octanol–water partition coefficient (Wildman–Crippen LogP) is 7.44. The summed E-state index contributed by atoms with van der Waals surface area (Å²) in [6.45, 7) is 0. The molecule has 0 aliphatic carbocycles. The van der Waals surface area contributed by atoms with E-state index >= 15 is 0 Å². The minimum Gasteiger partial charge on any atom is -0.497 e. The number of benzene rings is 4. The van der Waals surface area contributed by atoms with Crippen molar-refractivity contribution in [1.29, 1.82) is 0 Å².